The second-order valence-corrected chi connectivity index (χ2v) is 7.80. The summed E-state index contributed by atoms with van der Waals surface area (Å²) in [5.41, 5.74) is 4.15. The van der Waals surface area contributed by atoms with Crippen LogP contribution >= 0.6 is 11.3 Å². The third-order valence-corrected chi connectivity index (χ3v) is 5.50. The number of thiophene rings is 1. The van der Waals surface area contributed by atoms with Gasteiger partial charge in [-0.3, -0.25) is 0 Å². The lowest BCUT2D eigenvalue weighted by atomic mass is 10.0. The molecule has 1 heterocycles. The summed E-state index contributed by atoms with van der Waals surface area (Å²) in [6.07, 6.45) is 0.672. The first kappa shape index (κ1) is 20.8. The van der Waals surface area contributed by atoms with E-state index < -0.39 is 5.82 Å². The van der Waals surface area contributed by atoms with Gasteiger partial charge < -0.3 is 9.57 Å². The van der Waals surface area contributed by atoms with Crippen LogP contribution in [0.25, 0.3) is 11.1 Å². The average Bonchev–Trinajstić information content (AvgIpc) is 3.33. The highest BCUT2D eigenvalue weighted by molar-refractivity contribution is 7.10. The fraction of sp³-hybridized carbons (Fsp3) is 0.115. The molecule has 31 heavy (non-hydrogen) atoms. The van der Waals surface area contributed by atoms with Crippen LogP contribution in [0.3, 0.4) is 0 Å². The standard InChI is InChI=1S/C26H21FNO2S/c27-24-10-4-5-11-26(24)29-16-17-30-28-25(19-23-9-6-18-31-23)22-14-12-21(13-15-22)20-7-2-1-3-8-20/h1-9,11-15,18H,16-17,19H2/b28-25+. The molecule has 4 rings (SSSR count). The van der Waals surface area contributed by atoms with Crippen LogP contribution in [0, 0.1) is 11.9 Å². The molecule has 0 saturated heterocycles. The van der Waals surface area contributed by atoms with Crippen molar-refractivity contribution >= 4 is 17.0 Å². The van der Waals surface area contributed by atoms with Crippen molar-refractivity contribution in [1.29, 1.82) is 0 Å². The molecule has 3 aromatic carbocycles. The van der Waals surface area contributed by atoms with Gasteiger partial charge in [0.25, 0.3) is 0 Å². The molecule has 3 nitrogen and oxygen atoms in total. The van der Waals surface area contributed by atoms with E-state index in [9.17, 15) is 4.39 Å². The van der Waals surface area contributed by atoms with Crippen molar-refractivity contribution in [3.63, 3.8) is 0 Å². The van der Waals surface area contributed by atoms with E-state index >= 15 is 0 Å². The Labute approximate surface area is 185 Å². The molecule has 0 aliphatic rings. The van der Waals surface area contributed by atoms with Crippen molar-refractivity contribution in [1.82, 2.24) is 0 Å². The highest BCUT2D eigenvalue weighted by Gasteiger charge is 2.09. The molecule has 0 saturated carbocycles. The van der Waals surface area contributed by atoms with Gasteiger partial charge in [-0.1, -0.05) is 78.0 Å². The predicted octanol–water partition coefficient (Wildman–Crippen LogP) is 6.40. The maximum Gasteiger partial charge on any atom is 0.172 e. The minimum atomic E-state index is -0.511. The number of hydrogen-bond acceptors (Lipinski definition) is 4. The Balaban J connectivity index is 1.43. The fourth-order valence-electron chi connectivity index (χ4n) is 3.08. The third kappa shape index (κ3) is 5.80. The van der Waals surface area contributed by atoms with Gasteiger partial charge in [-0.15, -0.1) is 11.3 Å². The Kier molecular flexibility index (Phi) is 7.08. The van der Waals surface area contributed by atoms with E-state index in [1.54, 1.807) is 23.5 Å². The van der Waals surface area contributed by atoms with Gasteiger partial charge in [-0.25, -0.2) is 4.39 Å². The molecule has 0 spiro atoms. The molecular weight excluding hydrogens is 409 g/mol. The molecule has 1 aromatic heterocycles. The summed E-state index contributed by atoms with van der Waals surface area (Å²) < 4.78 is 19.0. The first-order chi connectivity index (χ1) is 15.3. The summed E-state index contributed by atoms with van der Waals surface area (Å²) in [5.74, 6) is -0.353. The summed E-state index contributed by atoms with van der Waals surface area (Å²) in [6.45, 7) is 0.405. The molecule has 5 heteroatoms. The summed E-state index contributed by atoms with van der Waals surface area (Å²) in [7, 11) is 0. The van der Waals surface area contributed by atoms with E-state index in [2.05, 4.69) is 53.7 Å². The van der Waals surface area contributed by atoms with Gasteiger partial charge in [0.2, 0.25) is 0 Å². The lowest BCUT2D eigenvalue weighted by molar-refractivity contribution is 0.105. The quantitative estimate of drug-likeness (QED) is 0.175. The molecule has 0 atom stereocenters. The van der Waals surface area contributed by atoms with Crippen molar-refractivity contribution in [3.8, 4) is 16.9 Å². The number of nitrogens with zero attached hydrogens (tertiary/aromatic N) is 1. The Bertz CT molecular complexity index is 1110. The van der Waals surface area contributed by atoms with Gasteiger partial charge in [-0.2, -0.15) is 0 Å². The van der Waals surface area contributed by atoms with Crippen LogP contribution in [0.1, 0.15) is 10.4 Å². The zero-order valence-electron chi connectivity index (χ0n) is 16.8. The Hall–Kier alpha value is -3.44. The van der Waals surface area contributed by atoms with Crippen molar-refractivity contribution < 1.29 is 14.0 Å². The van der Waals surface area contributed by atoms with Crippen molar-refractivity contribution in [3.05, 3.63) is 113 Å². The molecule has 0 aliphatic heterocycles. The van der Waals surface area contributed by atoms with Gasteiger partial charge in [0.1, 0.15) is 6.61 Å². The maximum atomic E-state index is 13.6. The minimum Gasteiger partial charge on any atom is -0.487 e. The molecule has 155 valence electrons. The monoisotopic (exact) mass is 430 g/mol. The summed E-state index contributed by atoms with van der Waals surface area (Å²) in [6, 6.07) is 29.9. The van der Waals surface area contributed by atoms with Crippen LogP contribution < -0.4 is 4.74 Å². The highest BCUT2D eigenvalue weighted by atomic mass is 32.1. The maximum absolute atomic E-state index is 13.6. The number of rotatable bonds is 9. The van der Waals surface area contributed by atoms with Crippen molar-refractivity contribution in [2.45, 2.75) is 6.42 Å². The predicted molar refractivity (Wildman–Crippen MR) is 123 cm³/mol. The smallest absolute Gasteiger partial charge is 0.172 e. The SMILES string of the molecule is Fc1[c]cccc1OCCO/N=C(\Cc1cccs1)c1ccc(-c2ccccc2)cc1. The van der Waals surface area contributed by atoms with E-state index in [1.165, 1.54) is 16.5 Å². The normalized spacial score (nSPS) is 11.3. The van der Waals surface area contributed by atoms with E-state index in [-0.39, 0.29) is 19.0 Å². The van der Waals surface area contributed by atoms with Crippen molar-refractivity contribution in [2.24, 2.45) is 5.16 Å². The zero-order valence-corrected chi connectivity index (χ0v) is 17.6. The molecule has 0 bridgehead atoms. The van der Waals surface area contributed by atoms with Gasteiger partial charge >= 0.3 is 0 Å². The van der Waals surface area contributed by atoms with Crippen LogP contribution in [-0.4, -0.2) is 18.9 Å². The van der Waals surface area contributed by atoms with Gasteiger partial charge in [0.15, 0.2) is 18.2 Å². The molecule has 0 aliphatic carbocycles. The van der Waals surface area contributed by atoms with E-state index in [4.69, 9.17) is 9.57 Å². The summed E-state index contributed by atoms with van der Waals surface area (Å²) in [4.78, 5) is 6.71. The van der Waals surface area contributed by atoms with E-state index in [0.29, 0.717) is 6.42 Å². The van der Waals surface area contributed by atoms with Crippen LogP contribution in [0.2, 0.25) is 0 Å². The highest BCUT2D eigenvalue weighted by Crippen LogP contribution is 2.21. The van der Waals surface area contributed by atoms with Crippen LogP contribution in [0.5, 0.6) is 5.75 Å². The number of halogens is 1. The molecule has 0 unspecified atom stereocenters. The first-order valence-electron chi connectivity index (χ1n) is 9.95. The van der Waals surface area contributed by atoms with E-state index in [0.717, 1.165) is 16.8 Å². The Morgan fingerprint density at radius 1 is 0.871 bits per heavy atom. The largest absolute Gasteiger partial charge is 0.487 e. The summed E-state index contributed by atoms with van der Waals surface area (Å²) in [5, 5.41) is 6.41. The molecule has 0 N–H and O–H groups in total. The molecule has 4 aromatic rings. The average molecular weight is 431 g/mol. The Morgan fingerprint density at radius 3 is 2.42 bits per heavy atom. The zero-order chi connectivity index (χ0) is 21.3. The van der Waals surface area contributed by atoms with E-state index in [1.807, 2.05) is 29.6 Å². The number of benzene rings is 3. The number of oxime groups is 1. The lowest BCUT2D eigenvalue weighted by Crippen LogP contribution is -2.09. The minimum absolute atomic E-state index is 0.158. The topological polar surface area (TPSA) is 30.8 Å². The van der Waals surface area contributed by atoms with Crippen LogP contribution in [-0.2, 0) is 11.3 Å². The first-order valence-corrected chi connectivity index (χ1v) is 10.8. The molecule has 0 fully saturated rings. The van der Waals surface area contributed by atoms with Crippen LogP contribution in [0.15, 0.2) is 95.5 Å². The molecule has 0 amide bonds. The second kappa shape index (κ2) is 10.5. The van der Waals surface area contributed by atoms with Crippen molar-refractivity contribution in [2.75, 3.05) is 13.2 Å². The van der Waals surface area contributed by atoms with Gasteiger partial charge in [0.05, 0.1) is 5.71 Å². The second-order valence-electron chi connectivity index (χ2n) is 6.77. The van der Waals surface area contributed by atoms with Crippen LogP contribution in [0.4, 0.5) is 4.39 Å². The molecular formula is C26H21FNO2S. The fourth-order valence-corrected chi connectivity index (χ4v) is 3.79. The number of ether oxygens (including phenoxy) is 1. The summed E-state index contributed by atoms with van der Waals surface area (Å²) >= 11 is 1.68. The lowest BCUT2D eigenvalue weighted by Gasteiger charge is -2.09. The van der Waals surface area contributed by atoms with Gasteiger partial charge in [0, 0.05) is 17.4 Å². The Morgan fingerprint density at radius 2 is 1.68 bits per heavy atom. The third-order valence-electron chi connectivity index (χ3n) is 4.62. The van der Waals surface area contributed by atoms with Gasteiger partial charge in [-0.05, 0) is 34.2 Å². The molecule has 1 radical (unpaired) electrons. The number of hydrogen-bond donors (Lipinski definition) is 0.